The van der Waals surface area contributed by atoms with Gasteiger partial charge in [0.1, 0.15) is 0 Å². The van der Waals surface area contributed by atoms with E-state index in [4.69, 9.17) is 10.5 Å². The van der Waals surface area contributed by atoms with Crippen molar-refractivity contribution in [3.05, 3.63) is 0 Å². The zero-order valence-electron chi connectivity index (χ0n) is 10.8. The van der Waals surface area contributed by atoms with E-state index in [2.05, 4.69) is 13.8 Å². The number of ether oxygens (including phenoxy) is 1. The molecule has 0 aromatic carbocycles. The standard InChI is InChI=1S/C12H24N2O2/c1-5-14(6-9(2)3)11(15)12(4)8-16-7-10(12)13/h9-10H,5-8,13H2,1-4H3. The lowest BCUT2D eigenvalue weighted by Crippen LogP contribution is -2.52. The van der Waals surface area contributed by atoms with E-state index in [-0.39, 0.29) is 11.9 Å². The molecule has 2 atom stereocenters. The maximum atomic E-state index is 12.4. The van der Waals surface area contributed by atoms with Crippen molar-refractivity contribution in [3.8, 4) is 0 Å². The van der Waals surface area contributed by atoms with Gasteiger partial charge in [-0.05, 0) is 19.8 Å². The Morgan fingerprint density at radius 2 is 2.25 bits per heavy atom. The zero-order valence-corrected chi connectivity index (χ0v) is 10.8. The van der Waals surface area contributed by atoms with Crippen LogP contribution in [0, 0.1) is 11.3 Å². The second-order valence-electron chi connectivity index (χ2n) is 5.28. The van der Waals surface area contributed by atoms with Gasteiger partial charge in [0.25, 0.3) is 0 Å². The fourth-order valence-electron chi connectivity index (χ4n) is 2.07. The molecule has 0 radical (unpaired) electrons. The summed E-state index contributed by atoms with van der Waals surface area (Å²) in [6.07, 6.45) is 0. The minimum absolute atomic E-state index is 0.133. The molecule has 94 valence electrons. The third-order valence-electron chi connectivity index (χ3n) is 3.26. The molecule has 1 heterocycles. The summed E-state index contributed by atoms with van der Waals surface area (Å²) in [4.78, 5) is 14.3. The van der Waals surface area contributed by atoms with Crippen LogP contribution in [0.5, 0.6) is 0 Å². The summed E-state index contributed by atoms with van der Waals surface area (Å²) < 4.78 is 5.32. The molecule has 0 aliphatic carbocycles. The van der Waals surface area contributed by atoms with Crippen LogP contribution < -0.4 is 5.73 Å². The number of rotatable bonds is 4. The highest BCUT2D eigenvalue weighted by Gasteiger charge is 2.46. The van der Waals surface area contributed by atoms with Crippen molar-refractivity contribution in [1.82, 2.24) is 4.90 Å². The fourth-order valence-corrected chi connectivity index (χ4v) is 2.07. The van der Waals surface area contributed by atoms with Crippen LogP contribution in [0.4, 0.5) is 0 Å². The molecule has 1 rings (SSSR count). The quantitative estimate of drug-likeness (QED) is 0.776. The molecule has 1 fully saturated rings. The van der Waals surface area contributed by atoms with Crippen LogP contribution >= 0.6 is 0 Å². The third-order valence-corrected chi connectivity index (χ3v) is 3.26. The molecular weight excluding hydrogens is 204 g/mol. The van der Waals surface area contributed by atoms with Gasteiger partial charge in [0, 0.05) is 19.1 Å². The Balaban J connectivity index is 2.74. The molecule has 0 spiro atoms. The van der Waals surface area contributed by atoms with Crippen molar-refractivity contribution in [1.29, 1.82) is 0 Å². The Bertz CT molecular complexity index is 255. The van der Waals surface area contributed by atoms with E-state index in [0.717, 1.165) is 13.1 Å². The van der Waals surface area contributed by atoms with E-state index >= 15 is 0 Å². The first-order valence-corrected chi connectivity index (χ1v) is 6.04. The number of carbonyl (C=O) groups excluding carboxylic acids is 1. The minimum Gasteiger partial charge on any atom is -0.379 e. The van der Waals surface area contributed by atoms with Crippen molar-refractivity contribution in [2.24, 2.45) is 17.1 Å². The summed E-state index contributed by atoms with van der Waals surface area (Å²) in [5, 5.41) is 0. The van der Waals surface area contributed by atoms with Crippen LogP contribution in [0.2, 0.25) is 0 Å². The van der Waals surface area contributed by atoms with Crippen LogP contribution in [0.1, 0.15) is 27.7 Å². The summed E-state index contributed by atoms with van der Waals surface area (Å²) >= 11 is 0. The van der Waals surface area contributed by atoms with E-state index in [1.807, 2.05) is 18.7 Å². The van der Waals surface area contributed by atoms with Gasteiger partial charge in [0.2, 0.25) is 5.91 Å². The van der Waals surface area contributed by atoms with Crippen molar-refractivity contribution >= 4 is 5.91 Å². The van der Waals surface area contributed by atoms with E-state index < -0.39 is 5.41 Å². The Labute approximate surface area is 98.1 Å². The van der Waals surface area contributed by atoms with Crippen LogP contribution in [0.15, 0.2) is 0 Å². The van der Waals surface area contributed by atoms with Gasteiger partial charge in [0.15, 0.2) is 0 Å². The number of nitrogens with two attached hydrogens (primary N) is 1. The van der Waals surface area contributed by atoms with Crippen molar-refractivity contribution in [2.75, 3.05) is 26.3 Å². The highest BCUT2D eigenvalue weighted by atomic mass is 16.5. The summed E-state index contributed by atoms with van der Waals surface area (Å²) in [6, 6.07) is -0.179. The van der Waals surface area contributed by atoms with Gasteiger partial charge in [0.05, 0.1) is 18.6 Å². The summed E-state index contributed by atoms with van der Waals surface area (Å²) in [7, 11) is 0. The second-order valence-corrected chi connectivity index (χ2v) is 5.28. The summed E-state index contributed by atoms with van der Waals surface area (Å²) in [5.74, 6) is 0.611. The molecule has 1 saturated heterocycles. The molecule has 0 aromatic heterocycles. The molecule has 4 heteroatoms. The van der Waals surface area contributed by atoms with E-state index in [9.17, 15) is 4.79 Å². The maximum absolute atomic E-state index is 12.4. The normalized spacial score (nSPS) is 29.8. The highest BCUT2D eigenvalue weighted by Crippen LogP contribution is 2.29. The van der Waals surface area contributed by atoms with Crippen molar-refractivity contribution in [3.63, 3.8) is 0 Å². The van der Waals surface area contributed by atoms with Crippen molar-refractivity contribution < 1.29 is 9.53 Å². The zero-order chi connectivity index (χ0) is 12.3. The smallest absolute Gasteiger partial charge is 0.232 e. The topological polar surface area (TPSA) is 55.6 Å². The van der Waals surface area contributed by atoms with Crippen LogP contribution in [0.3, 0.4) is 0 Å². The Morgan fingerprint density at radius 1 is 1.62 bits per heavy atom. The SMILES string of the molecule is CCN(CC(C)C)C(=O)C1(C)COCC1N. The predicted molar refractivity (Wildman–Crippen MR) is 64.0 cm³/mol. The van der Waals surface area contributed by atoms with E-state index in [0.29, 0.717) is 19.1 Å². The number of amides is 1. The third kappa shape index (κ3) is 2.55. The Kier molecular flexibility index (Phi) is 4.33. The molecule has 16 heavy (non-hydrogen) atoms. The van der Waals surface area contributed by atoms with Gasteiger partial charge >= 0.3 is 0 Å². The maximum Gasteiger partial charge on any atom is 0.232 e. The number of hydrogen-bond acceptors (Lipinski definition) is 3. The van der Waals surface area contributed by atoms with Crippen molar-refractivity contribution in [2.45, 2.75) is 33.7 Å². The first-order chi connectivity index (χ1) is 7.41. The average Bonchev–Trinajstić information content (AvgIpc) is 2.56. The van der Waals surface area contributed by atoms with Crippen LogP contribution in [0.25, 0.3) is 0 Å². The van der Waals surface area contributed by atoms with Gasteiger partial charge in [-0.2, -0.15) is 0 Å². The molecule has 0 aromatic rings. The number of carbonyl (C=O) groups is 1. The number of nitrogens with zero attached hydrogens (tertiary/aromatic N) is 1. The second kappa shape index (κ2) is 5.15. The highest BCUT2D eigenvalue weighted by molar-refractivity contribution is 5.83. The molecule has 0 bridgehead atoms. The lowest BCUT2D eigenvalue weighted by atomic mass is 9.84. The molecule has 4 nitrogen and oxygen atoms in total. The minimum atomic E-state index is -0.537. The van der Waals surface area contributed by atoms with Gasteiger partial charge < -0.3 is 15.4 Å². The van der Waals surface area contributed by atoms with Gasteiger partial charge in [-0.1, -0.05) is 13.8 Å². The molecule has 2 N–H and O–H groups in total. The monoisotopic (exact) mass is 228 g/mol. The van der Waals surface area contributed by atoms with Crippen LogP contribution in [-0.2, 0) is 9.53 Å². The van der Waals surface area contributed by atoms with Crippen LogP contribution in [-0.4, -0.2) is 43.2 Å². The summed E-state index contributed by atoms with van der Waals surface area (Å²) in [5.41, 5.74) is 5.43. The first kappa shape index (κ1) is 13.5. The van der Waals surface area contributed by atoms with Gasteiger partial charge in [-0.3, -0.25) is 4.79 Å². The average molecular weight is 228 g/mol. The molecule has 1 aliphatic rings. The lowest BCUT2D eigenvalue weighted by molar-refractivity contribution is -0.142. The first-order valence-electron chi connectivity index (χ1n) is 6.04. The summed E-state index contributed by atoms with van der Waals surface area (Å²) in [6.45, 7) is 10.6. The Hall–Kier alpha value is -0.610. The predicted octanol–water partition coefficient (Wildman–Crippen LogP) is 0.855. The fraction of sp³-hybridized carbons (Fsp3) is 0.917. The molecule has 1 amide bonds. The molecule has 1 aliphatic heterocycles. The van der Waals surface area contributed by atoms with E-state index in [1.165, 1.54) is 0 Å². The van der Waals surface area contributed by atoms with Gasteiger partial charge in [-0.25, -0.2) is 0 Å². The molecule has 0 saturated carbocycles. The molecule has 2 unspecified atom stereocenters. The lowest BCUT2D eigenvalue weighted by Gasteiger charge is -2.33. The Morgan fingerprint density at radius 3 is 2.62 bits per heavy atom. The van der Waals surface area contributed by atoms with E-state index in [1.54, 1.807) is 0 Å². The largest absolute Gasteiger partial charge is 0.379 e. The molecular formula is C12H24N2O2. The van der Waals surface area contributed by atoms with Gasteiger partial charge in [-0.15, -0.1) is 0 Å². The number of hydrogen-bond donors (Lipinski definition) is 1.